The van der Waals surface area contributed by atoms with Gasteiger partial charge in [0.15, 0.2) is 0 Å². The van der Waals surface area contributed by atoms with Crippen molar-refractivity contribution in [3.63, 3.8) is 0 Å². The molecule has 0 saturated carbocycles. The maximum Gasteiger partial charge on any atom is 0.239 e. The summed E-state index contributed by atoms with van der Waals surface area (Å²) in [5, 5.41) is 2.52. The third-order valence-corrected chi connectivity index (χ3v) is 2.36. The zero-order chi connectivity index (χ0) is 12.8. The van der Waals surface area contributed by atoms with E-state index in [2.05, 4.69) is 5.32 Å². The lowest BCUT2D eigenvalue weighted by atomic mass is 10.1. The van der Waals surface area contributed by atoms with Gasteiger partial charge in [-0.05, 0) is 24.1 Å². The average Bonchev–Trinajstić information content (AvgIpc) is 2.28. The van der Waals surface area contributed by atoms with E-state index in [1.54, 1.807) is 6.92 Å². The van der Waals surface area contributed by atoms with Gasteiger partial charge in [-0.2, -0.15) is 0 Å². The Hall–Kier alpha value is -1.91. The SMILES string of the molecule is CC[C@H](NC(=O)Cc1ccc(F)cc1)C(N)=O. The predicted octanol–water partition coefficient (Wildman–Crippen LogP) is 0.748. The second-order valence-corrected chi connectivity index (χ2v) is 3.73. The third-order valence-electron chi connectivity index (χ3n) is 2.36. The van der Waals surface area contributed by atoms with Crippen molar-refractivity contribution in [2.45, 2.75) is 25.8 Å². The smallest absolute Gasteiger partial charge is 0.239 e. The van der Waals surface area contributed by atoms with Crippen molar-refractivity contribution < 1.29 is 14.0 Å². The van der Waals surface area contributed by atoms with Crippen molar-refractivity contribution >= 4 is 11.8 Å². The molecule has 0 spiro atoms. The summed E-state index contributed by atoms with van der Waals surface area (Å²) in [6.45, 7) is 1.76. The van der Waals surface area contributed by atoms with Crippen molar-refractivity contribution in [2.24, 2.45) is 5.73 Å². The zero-order valence-corrected chi connectivity index (χ0v) is 9.57. The van der Waals surface area contributed by atoms with E-state index in [0.717, 1.165) is 0 Å². The quantitative estimate of drug-likeness (QED) is 0.794. The highest BCUT2D eigenvalue weighted by molar-refractivity contribution is 5.87. The van der Waals surface area contributed by atoms with Crippen LogP contribution in [0.5, 0.6) is 0 Å². The molecule has 0 aromatic heterocycles. The average molecular weight is 238 g/mol. The molecule has 1 aromatic carbocycles. The van der Waals surface area contributed by atoms with Crippen molar-refractivity contribution in [1.29, 1.82) is 0 Å². The number of hydrogen-bond acceptors (Lipinski definition) is 2. The lowest BCUT2D eigenvalue weighted by molar-refractivity contribution is -0.127. The van der Waals surface area contributed by atoms with Crippen LogP contribution in [0.2, 0.25) is 0 Å². The number of amides is 2. The molecule has 92 valence electrons. The van der Waals surface area contributed by atoms with Crippen LogP contribution in [0.3, 0.4) is 0 Å². The highest BCUT2D eigenvalue weighted by Gasteiger charge is 2.15. The molecule has 1 atom stereocenters. The summed E-state index contributed by atoms with van der Waals surface area (Å²) >= 11 is 0. The summed E-state index contributed by atoms with van der Waals surface area (Å²) in [5.74, 6) is -1.21. The normalized spacial score (nSPS) is 11.9. The monoisotopic (exact) mass is 238 g/mol. The predicted molar refractivity (Wildman–Crippen MR) is 61.5 cm³/mol. The Bertz CT molecular complexity index is 403. The lowest BCUT2D eigenvalue weighted by Crippen LogP contribution is -2.44. The van der Waals surface area contributed by atoms with Crippen molar-refractivity contribution in [3.05, 3.63) is 35.6 Å². The van der Waals surface area contributed by atoms with E-state index >= 15 is 0 Å². The molecule has 0 fully saturated rings. The highest BCUT2D eigenvalue weighted by Crippen LogP contribution is 2.03. The van der Waals surface area contributed by atoms with Crippen LogP contribution >= 0.6 is 0 Å². The standard InChI is InChI=1S/C12H15FN2O2/c1-2-10(12(14)17)15-11(16)7-8-3-5-9(13)6-4-8/h3-6,10H,2,7H2,1H3,(H2,14,17)(H,15,16)/t10-/m0/s1. The third kappa shape index (κ3) is 4.22. The minimum absolute atomic E-state index is 0.101. The number of hydrogen-bond donors (Lipinski definition) is 2. The molecule has 3 N–H and O–H groups in total. The fourth-order valence-corrected chi connectivity index (χ4v) is 1.41. The van der Waals surface area contributed by atoms with Gasteiger partial charge in [-0.3, -0.25) is 9.59 Å². The van der Waals surface area contributed by atoms with Gasteiger partial charge >= 0.3 is 0 Å². The molecule has 0 aliphatic heterocycles. The maximum atomic E-state index is 12.6. The van der Waals surface area contributed by atoms with Crippen molar-refractivity contribution in [2.75, 3.05) is 0 Å². The summed E-state index contributed by atoms with van der Waals surface area (Å²) < 4.78 is 12.6. The van der Waals surface area contributed by atoms with Crippen LogP contribution in [0.15, 0.2) is 24.3 Å². The fraction of sp³-hybridized carbons (Fsp3) is 0.333. The molecule has 0 bridgehead atoms. The molecular weight excluding hydrogens is 223 g/mol. The van der Waals surface area contributed by atoms with E-state index in [-0.39, 0.29) is 18.1 Å². The number of carbonyl (C=O) groups is 2. The van der Waals surface area contributed by atoms with Crippen LogP contribution in [-0.4, -0.2) is 17.9 Å². The Kier molecular flexibility index (Phi) is 4.63. The minimum Gasteiger partial charge on any atom is -0.368 e. The molecule has 17 heavy (non-hydrogen) atoms. The van der Waals surface area contributed by atoms with E-state index in [0.29, 0.717) is 12.0 Å². The van der Waals surface area contributed by atoms with Crippen LogP contribution in [0, 0.1) is 5.82 Å². The van der Waals surface area contributed by atoms with Crippen LogP contribution in [0.25, 0.3) is 0 Å². The summed E-state index contributed by atoms with van der Waals surface area (Å²) in [5.41, 5.74) is 5.79. The van der Waals surface area contributed by atoms with Crippen LogP contribution in [0.4, 0.5) is 4.39 Å². The summed E-state index contributed by atoms with van der Waals surface area (Å²) in [6.07, 6.45) is 0.550. The first-order chi connectivity index (χ1) is 8.02. The topological polar surface area (TPSA) is 72.2 Å². The largest absolute Gasteiger partial charge is 0.368 e. The second-order valence-electron chi connectivity index (χ2n) is 3.73. The molecule has 0 aliphatic rings. The molecule has 0 radical (unpaired) electrons. The molecule has 0 unspecified atom stereocenters. The Labute approximate surface area is 99.0 Å². The number of carbonyl (C=O) groups excluding carboxylic acids is 2. The van der Waals surface area contributed by atoms with Gasteiger partial charge in [0.05, 0.1) is 6.42 Å². The Morgan fingerprint density at radius 1 is 1.35 bits per heavy atom. The molecule has 0 saturated heterocycles. The van der Waals surface area contributed by atoms with Crippen LogP contribution in [-0.2, 0) is 16.0 Å². The molecule has 0 heterocycles. The number of nitrogens with two attached hydrogens (primary N) is 1. The highest BCUT2D eigenvalue weighted by atomic mass is 19.1. The van der Waals surface area contributed by atoms with Crippen molar-refractivity contribution in [3.8, 4) is 0 Å². The number of benzene rings is 1. The van der Waals surface area contributed by atoms with Crippen molar-refractivity contribution in [1.82, 2.24) is 5.32 Å². The van der Waals surface area contributed by atoms with E-state index in [1.807, 2.05) is 0 Å². The maximum absolute atomic E-state index is 12.6. The van der Waals surface area contributed by atoms with Gasteiger partial charge in [-0.15, -0.1) is 0 Å². The Morgan fingerprint density at radius 2 is 1.94 bits per heavy atom. The van der Waals surface area contributed by atoms with E-state index in [4.69, 9.17) is 5.73 Å². The van der Waals surface area contributed by atoms with Gasteiger partial charge in [0.2, 0.25) is 11.8 Å². The first kappa shape index (κ1) is 13.2. The first-order valence-corrected chi connectivity index (χ1v) is 5.36. The van der Waals surface area contributed by atoms with Gasteiger partial charge in [-0.1, -0.05) is 19.1 Å². The Balaban J connectivity index is 2.54. The van der Waals surface area contributed by atoms with Crippen LogP contribution in [0.1, 0.15) is 18.9 Å². The number of rotatable bonds is 5. The first-order valence-electron chi connectivity index (χ1n) is 5.36. The molecular formula is C12H15FN2O2. The van der Waals surface area contributed by atoms with Gasteiger partial charge in [-0.25, -0.2) is 4.39 Å². The summed E-state index contributed by atoms with van der Waals surface area (Å²) in [4.78, 5) is 22.5. The number of halogens is 1. The van der Waals surface area contributed by atoms with Gasteiger partial charge in [0.25, 0.3) is 0 Å². The molecule has 1 aromatic rings. The fourth-order valence-electron chi connectivity index (χ4n) is 1.41. The Morgan fingerprint density at radius 3 is 2.41 bits per heavy atom. The van der Waals surface area contributed by atoms with Gasteiger partial charge in [0, 0.05) is 0 Å². The number of primary amides is 1. The summed E-state index contributed by atoms with van der Waals surface area (Å²) in [7, 11) is 0. The van der Waals surface area contributed by atoms with Gasteiger partial charge < -0.3 is 11.1 Å². The molecule has 1 rings (SSSR count). The molecule has 4 nitrogen and oxygen atoms in total. The lowest BCUT2D eigenvalue weighted by Gasteiger charge is -2.13. The number of nitrogens with one attached hydrogen (secondary N) is 1. The zero-order valence-electron chi connectivity index (χ0n) is 9.57. The van der Waals surface area contributed by atoms with E-state index in [9.17, 15) is 14.0 Å². The van der Waals surface area contributed by atoms with E-state index in [1.165, 1.54) is 24.3 Å². The molecule has 2 amide bonds. The van der Waals surface area contributed by atoms with E-state index < -0.39 is 11.9 Å². The summed E-state index contributed by atoms with van der Waals surface area (Å²) in [6, 6.07) is 4.98. The van der Waals surface area contributed by atoms with Crippen LogP contribution < -0.4 is 11.1 Å². The second kappa shape index (κ2) is 5.98. The molecule has 0 aliphatic carbocycles. The minimum atomic E-state index is -0.650. The molecule has 5 heteroatoms. The van der Waals surface area contributed by atoms with Gasteiger partial charge in [0.1, 0.15) is 11.9 Å².